The molecule has 106 valence electrons. The number of hydrogen-bond donors (Lipinski definition) is 1. The summed E-state index contributed by atoms with van der Waals surface area (Å²) in [5, 5.41) is 9.94. The molecule has 1 N–H and O–H groups in total. The zero-order valence-electron chi connectivity index (χ0n) is 11.1. The molecule has 0 saturated heterocycles. The van der Waals surface area contributed by atoms with Gasteiger partial charge in [0.05, 0.1) is 6.10 Å². The standard InChI is InChI=1S/C16H16BrFO2/c1-2-15(19)13-5-3-4-6-16(13)20-10-11-7-8-12(17)9-14(11)18/h3-9,15,19H,2,10H2,1H3/t15-/m1/s1. The van der Waals surface area contributed by atoms with Crippen molar-refractivity contribution in [3.63, 3.8) is 0 Å². The highest BCUT2D eigenvalue weighted by atomic mass is 79.9. The Hall–Kier alpha value is -1.39. The summed E-state index contributed by atoms with van der Waals surface area (Å²) in [6.45, 7) is 2.03. The van der Waals surface area contributed by atoms with Crippen LogP contribution in [-0.2, 0) is 6.61 Å². The zero-order chi connectivity index (χ0) is 14.5. The van der Waals surface area contributed by atoms with Crippen LogP contribution in [0.3, 0.4) is 0 Å². The van der Waals surface area contributed by atoms with Gasteiger partial charge < -0.3 is 9.84 Å². The Labute approximate surface area is 126 Å². The summed E-state index contributed by atoms with van der Waals surface area (Å²) in [6.07, 6.45) is 0.0356. The van der Waals surface area contributed by atoms with Crippen molar-refractivity contribution in [1.29, 1.82) is 0 Å². The molecule has 0 fully saturated rings. The molecule has 2 rings (SSSR count). The van der Waals surface area contributed by atoms with Crippen LogP contribution in [0.25, 0.3) is 0 Å². The van der Waals surface area contributed by atoms with Gasteiger partial charge in [-0.25, -0.2) is 4.39 Å². The van der Waals surface area contributed by atoms with E-state index in [2.05, 4.69) is 15.9 Å². The zero-order valence-corrected chi connectivity index (χ0v) is 12.7. The Morgan fingerprint density at radius 2 is 2.00 bits per heavy atom. The lowest BCUT2D eigenvalue weighted by molar-refractivity contribution is 0.166. The molecule has 2 nitrogen and oxygen atoms in total. The van der Waals surface area contributed by atoms with Crippen molar-refractivity contribution in [3.8, 4) is 5.75 Å². The van der Waals surface area contributed by atoms with Crippen LogP contribution in [0.4, 0.5) is 4.39 Å². The number of rotatable bonds is 5. The van der Waals surface area contributed by atoms with Crippen LogP contribution >= 0.6 is 15.9 Å². The van der Waals surface area contributed by atoms with Crippen LogP contribution in [0.2, 0.25) is 0 Å². The second-order valence-corrected chi connectivity index (χ2v) is 5.40. The molecule has 0 aliphatic rings. The Morgan fingerprint density at radius 3 is 2.70 bits per heavy atom. The van der Waals surface area contributed by atoms with Gasteiger partial charge in [0, 0.05) is 15.6 Å². The van der Waals surface area contributed by atoms with Crippen LogP contribution in [0.5, 0.6) is 5.75 Å². The predicted octanol–water partition coefficient (Wildman–Crippen LogP) is 4.61. The van der Waals surface area contributed by atoms with Crippen LogP contribution in [0.1, 0.15) is 30.6 Å². The summed E-state index contributed by atoms with van der Waals surface area (Å²) in [7, 11) is 0. The largest absolute Gasteiger partial charge is 0.488 e. The molecule has 2 aromatic rings. The summed E-state index contributed by atoms with van der Waals surface area (Å²) in [6, 6.07) is 12.1. The van der Waals surface area contributed by atoms with Gasteiger partial charge in [0.15, 0.2) is 0 Å². The number of ether oxygens (including phenoxy) is 1. The Balaban J connectivity index is 2.15. The molecule has 0 saturated carbocycles. The lowest BCUT2D eigenvalue weighted by atomic mass is 10.1. The summed E-state index contributed by atoms with van der Waals surface area (Å²) in [4.78, 5) is 0. The highest BCUT2D eigenvalue weighted by Gasteiger charge is 2.12. The van der Waals surface area contributed by atoms with Crippen molar-refractivity contribution in [2.75, 3.05) is 0 Å². The minimum Gasteiger partial charge on any atom is -0.488 e. The van der Waals surface area contributed by atoms with Crippen LogP contribution < -0.4 is 4.74 Å². The maximum absolute atomic E-state index is 13.7. The van der Waals surface area contributed by atoms with E-state index in [1.54, 1.807) is 18.2 Å². The van der Waals surface area contributed by atoms with Gasteiger partial charge in [-0.3, -0.25) is 0 Å². The first kappa shape index (κ1) is 15.0. The summed E-state index contributed by atoms with van der Waals surface area (Å²) in [5.41, 5.74) is 1.21. The number of aliphatic hydroxyl groups is 1. The molecule has 0 aliphatic carbocycles. The van der Waals surface area contributed by atoms with Gasteiger partial charge in [-0.15, -0.1) is 0 Å². The lowest BCUT2D eigenvalue weighted by Gasteiger charge is -2.15. The summed E-state index contributed by atoms with van der Waals surface area (Å²) < 4.78 is 20.1. The SMILES string of the molecule is CC[C@@H](O)c1ccccc1OCc1ccc(Br)cc1F. The highest BCUT2D eigenvalue weighted by Crippen LogP contribution is 2.28. The van der Waals surface area contributed by atoms with E-state index in [1.807, 2.05) is 25.1 Å². The quantitative estimate of drug-likeness (QED) is 0.862. The molecule has 0 spiro atoms. The fraction of sp³-hybridized carbons (Fsp3) is 0.250. The fourth-order valence-electron chi connectivity index (χ4n) is 1.90. The molecule has 0 aromatic heterocycles. The maximum Gasteiger partial charge on any atom is 0.130 e. The van der Waals surface area contributed by atoms with Gasteiger partial charge in [-0.05, 0) is 24.6 Å². The minimum atomic E-state index is -0.569. The monoisotopic (exact) mass is 338 g/mol. The Kier molecular flexibility index (Phi) is 5.15. The van der Waals surface area contributed by atoms with E-state index in [0.717, 1.165) is 5.56 Å². The van der Waals surface area contributed by atoms with Crippen molar-refractivity contribution in [2.45, 2.75) is 26.1 Å². The molecular formula is C16H16BrFO2. The highest BCUT2D eigenvalue weighted by molar-refractivity contribution is 9.10. The maximum atomic E-state index is 13.7. The molecular weight excluding hydrogens is 323 g/mol. The van der Waals surface area contributed by atoms with Gasteiger partial charge in [-0.1, -0.05) is 47.1 Å². The second kappa shape index (κ2) is 6.86. The minimum absolute atomic E-state index is 0.132. The average Bonchev–Trinajstić information content (AvgIpc) is 2.46. The third-order valence-corrected chi connectivity index (χ3v) is 3.56. The molecule has 20 heavy (non-hydrogen) atoms. The van der Waals surface area contributed by atoms with E-state index in [-0.39, 0.29) is 12.4 Å². The van der Waals surface area contributed by atoms with Gasteiger partial charge in [-0.2, -0.15) is 0 Å². The van der Waals surface area contributed by atoms with E-state index >= 15 is 0 Å². The van der Waals surface area contributed by atoms with E-state index in [4.69, 9.17) is 4.74 Å². The first-order valence-corrected chi connectivity index (χ1v) is 7.24. The van der Waals surface area contributed by atoms with Crippen molar-refractivity contribution in [1.82, 2.24) is 0 Å². The third kappa shape index (κ3) is 3.58. The summed E-state index contributed by atoms with van der Waals surface area (Å²) >= 11 is 3.22. The topological polar surface area (TPSA) is 29.5 Å². The van der Waals surface area contributed by atoms with Gasteiger partial charge in [0.25, 0.3) is 0 Å². The van der Waals surface area contributed by atoms with Crippen molar-refractivity contribution >= 4 is 15.9 Å². The number of halogens is 2. The molecule has 1 atom stereocenters. The first-order chi connectivity index (χ1) is 9.61. The molecule has 0 aliphatic heterocycles. The number of para-hydroxylation sites is 1. The number of aliphatic hydroxyl groups excluding tert-OH is 1. The van der Waals surface area contributed by atoms with Gasteiger partial charge in [0.1, 0.15) is 18.2 Å². The molecule has 0 unspecified atom stereocenters. The number of hydrogen-bond acceptors (Lipinski definition) is 2. The van der Waals surface area contributed by atoms with Crippen molar-refractivity contribution in [3.05, 3.63) is 63.9 Å². The van der Waals surface area contributed by atoms with Crippen molar-refractivity contribution in [2.24, 2.45) is 0 Å². The van der Waals surface area contributed by atoms with Gasteiger partial charge in [0.2, 0.25) is 0 Å². The molecule has 0 bridgehead atoms. The molecule has 0 heterocycles. The van der Waals surface area contributed by atoms with E-state index in [0.29, 0.717) is 22.2 Å². The predicted molar refractivity (Wildman–Crippen MR) is 80.1 cm³/mol. The Bertz CT molecular complexity index is 586. The van der Waals surface area contributed by atoms with Gasteiger partial charge >= 0.3 is 0 Å². The van der Waals surface area contributed by atoms with Crippen molar-refractivity contribution < 1.29 is 14.2 Å². The average molecular weight is 339 g/mol. The second-order valence-electron chi connectivity index (χ2n) is 4.49. The lowest BCUT2D eigenvalue weighted by Crippen LogP contribution is -2.03. The van der Waals surface area contributed by atoms with E-state index in [9.17, 15) is 9.50 Å². The molecule has 0 amide bonds. The molecule has 2 aromatic carbocycles. The normalized spacial score (nSPS) is 12.2. The third-order valence-electron chi connectivity index (χ3n) is 3.06. The van der Waals surface area contributed by atoms with Crippen LogP contribution in [0, 0.1) is 5.82 Å². The molecule has 0 radical (unpaired) electrons. The van der Waals surface area contributed by atoms with Crippen LogP contribution in [0.15, 0.2) is 46.9 Å². The van der Waals surface area contributed by atoms with Crippen LogP contribution in [-0.4, -0.2) is 5.11 Å². The number of benzene rings is 2. The molecule has 4 heteroatoms. The fourth-order valence-corrected chi connectivity index (χ4v) is 2.23. The van der Waals surface area contributed by atoms with E-state index < -0.39 is 6.10 Å². The summed E-state index contributed by atoms with van der Waals surface area (Å²) in [5.74, 6) is 0.275. The van der Waals surface area contributed by atoms with E-state index in [1.165, 1.54) is 6.07 Å². The Morgan fingerprint density at radius 1 is 1.25 bits per heavy atom. The first-order valence-electron chi connectivity index (χ1n) is 6.45. The smallest absolute Gasteiger partial charge is 0.130 e.